The van der Waals surface area contributed by atoms with E-state index in [2.05, 4.69) is 206 Å². The van der Waals surface area contributed by atoms with Crippen LogP contribution >= 0.6 is 14.5 Å². The zero-order chi connectivity index (χ0) is 31.1. The normalized spacial score (nSPS) is 11.2. The molecule has 0 heterocycles. The largest absolute Gasteiger partial charge is 1.00 e. The fraction of sp³-hybridized carbons (Fsp3) is 0.0455. The van der Waals surface area contributed by atoms with Gasteiger partial charge < -0.3 is 24.8 Å². The van der Waals surface area contributed by atoms with E-state index in [1.54, 1.807) is 0 Å². The minimum Gasteiger partial charge on any atom is -1.00 e. The van der Waals surface area contributed by atoms with Crippen molar-refractivity contribution in [3.63, 3.8) is 0 Å². The van der Waals surface area contributed by atoms with Crippen molar-refractivity contribution in [2.75, 3.05) is 0 Å². The van der Waals surface area contributed by atoms with Crippen LogP contribution in [0.2, 0.25) is 0 Å². The highest BCUT2D eigenvalue weighted by Gasteiger charge is 2.47. The number of hydrogen-bond acceptors (Lipinski definition) is 0. The average Bonchev–Trinajstić information content (AvgIpc) is 3.15. The van der Waals surface area contributed by atoms with Crippen molar-refractivity contribution >= 4 is 46.4 Å². The lowest BCUT2D eigenvalue weighted by atomic mass is 10.2. The molecular weight excluding hydrogens is 661 g/mol. The molecule has 0 amide bonds. The van der Waals surface area contributed by atoms with Crippen LogP contribution in [-0.2, 0) is 12.3 Å². The maximum absolute atomic E-state index is 2.51. The smallest absolute Gasteiger partial charge is 0.116 e. The van der Waals surface area contributed by atoms with E-state index in [1.807, 2.05) is 0 Å². The Kier molecular flexibility index (Phi) is 12.1. The van der Waals surface area contributed by atoms with E-state index in [9.17, 15) is 0 Å². The second kappa shape index (κ2) is 16.4. The minimum atomic E-state index is -2.01. The highest BCUT2D eigenvalue weighted by atomic mass is 35.5. The molecule has 238 valence electrons. The first-order valence-electron chi connectivity index (χ1n) is 16.0. The molecule has 0 atom stereocenters. The Bertz CT molecular complexity index is 1630. The molecule has 0 spiro atoms. The summed E-state index contributed by atoms with van der Waals surface area (Å²) in [5, 5.41) is 8.49. The Morgan fingerprint density at radius 1 is 0.250 bits per heavy atom. The molecule has 0 fully saturated rings. The van der Waals surface area contributed by atoms with Gasteiger partial charge in [-0.15, -0.1) is 0 Å². The first kappa shape index (κ1) is 35.3. The van der Waals surface area contributed by atoms with Crippen LogP contribution in [0.15, 0.2) is 206 Å². The van der Waals surface area contributed by atoms with Crippen LogP contribution in [0.1, 0.15) is 11.1 Å². The van der Waals surface area contributed by atoms with Crippen molar-refractivity contribution in [1.29, 1.82) is 0 Å². The molecule has 7 rings (SSSR count). The highest BCUT2D eigenvalue weighted by molar-refractivity contribution is 7.95. The van der Waals surface area contributed by atoms with Gasteiger partial charge in [0.2, 0.25) is 0 Å². The zero-order valence-corrected chi connectivity index (χ0v) is 30.0. The summed E-state index contributed by atoms with van der Waals surface area (Å²) in [6, 6.07) is 76.8. The number of halogens is 2. The average molecular weight is 700 g/mol. The molecule has 0 aromatic heterocycles. The lowest BCUT2D eigenvalue weighted by Gasteiger charge is -2.29. The van der Waals surface area contributed by atoms with Crippen LogP contribution in [0.25, 0.3) is 0 Å². The minimum absolute atomic E-state index is 0. The Hall–Kier alpha value is -4.02. The molecule has 0 saturated carbocycles. The molecule has 7 aromatic rings. The van der Waals surface area contributed by atoms with E-state index >= 15 is 0 Å². The van der Waals surface area contributed by atoms with Gasteiger partial charge in [0.05, 0.1) is 12.3 Å². The van der Waals surface area contributed by atoms with Gasteiger partial charge in [-0.05, 0) is 90.0 Å². The van der Waals surface area contributed by atoms with Crippen molar-refractivity contribution in [1.82, 2.24) is 0 Å². The number of hydrogen-bond donors (Lipinski definition) is 0. The van der Waals surface area contributed by atoms with Gasteiger partial charge in [-0.1, -0.05) is 127 Å². The Morgan fingerprint density at radius 2 is 0.458 bits per heavy atom. The fourth-order valence-electron chi connectivity index (χ4n) is 6.91. The summed E-state index contributed by atoms with van der Waals surface area (Å²) in [4.78, 5) is 0. The molecule has 0 radical (unpaired) electrons. The van der Waals surface area contributed by atoms with Crippen LogP contribution < -0.4 is 56.6 Å². The van der Waals surface area contributed by atoms with Crippen LogP contribution in [-0.4, -0.2) is 0 Å². The van der Waals surface area contributed by atoms with E-state index in [1.165, 1.54) is 43.0 Å². The van der Waals surface area contributed by atoms with Gasteiger partial charge in [0.15, 0.2) is 0 Å². The summed E-state index contributed by atoms with van der Waals surface area (Å²) >= 11 is 0. The molecule has 0 saturated heterocycles. The number of rotatable bonds is 10. The summed E-state index contributed by atoms with van der Waals surface area (Å²) < 4.78 is 0. The van der Waals surface area contributed by atoms with Crippen LogP contribution in [0.4, 0.5) is 0 Å². The van der Waals surface area contributed by atoms with Gasteiger partial charge in [0.1, 0.15) is 46.4 Å². The Morgan fingerprint density at radius 3 is 0.667 bits per heavy atom. The van der Waals surface area contributed by atoms with Gasteiger partial charge in [0, 0.05) is 0 Å². The molecular formula is C44H38Cl2P2. The van der Waals surface area contributed by atoms with Crippen molar-refractivity contribution in [2.45, 2.75) is 12.3 Å². The molecule has 0 bridgehead atoms. The molecule has 48 heavy (non-hydrogen) atoms. The first-order valence-corrected chi connectivity index (χ1v) is 19.9. The molecule has 0 aliphatic rings. The lowest BCUT2D eigenvalue weighted by Crippen LogP contribution is -3.00. The maximum Gasteiger partial charge on any atom is 0.116 e. The quantitative estimate of drug-likeness (QED) is 0.193. The number of benzene rings is 7. The second-order valence-electron chi connectivity index (χ2n) is 11.8. The molecule has 7 aromatic carbocycles. The van der Waals surface area contributed by atoms with Crippen molar-refractivity contribution < 1.29 is 24.8 Å². The molecule has 0 aliphatic carbocycles. The summed E-state index contributed by atoms with van der Waals surface area (Å²) in [5.74, 6) is 0. The lowest BCUT2D eigenvalue weighted by molar-refractivity contribution is -0.00100. The Labute approximate surface area is 299 Å². The van der Waals surface area contributed by atoms with Gasteiger partial charge in [-0.3, -0.25) is 0 Å². The molecule has 0 unspecified atom stereocenters. The third kappa shape index (κ3) is 7.05. The van der Waals surface area contributed by atoms with Crippen LogP contribution in [0.5, 0.6) is 0 Å². The molecule has 0 N–H and O–H groups in total. The van der Waals surface area contributed by atoms with E-state index in [0.717, 1.165) is 12.3 Å². The van der Waals surface area contributed by atoms with Crippen molar-refractivity contribution in [2.24, 2.45) is 0 Å². The standard InChI is InChI=1S/C44H38P2.2ClH/c1-7-22-39(23-8-1)45(40-24-9-2-10-25-40,41-26-11-3-12-27-41)35-37-20-19-21-38(34-37)36-46(42-28-13-4-14-29-42,43-30-15-5-16-31-43)44-32-17-6-18-33-44;;/h1-34H,35-36H2;2*1H/q+2;;/p-2. The predicted octanol–water partition coefficient (Wildman–Crippen LogP) is 2.68. The molecule has 0 nitrogen and oxygen atoms in total. The zero-order valence-electron chi connectivity index (χ0n) is 26.7. The third-order valence-corrected chi connectivity index (χ3v) is 17.8. The summed E-state index contributed by atoms with van der Waals surface area (Å²) in [6.07, 6.45) is 1.93. The second-order valence-corrected chi connectivity index (χ2v) is 18.7. The molecule has 4 heteroatoms. The maximum atomic E-state index is 2.51. The van der Waals surface area contributed by atoms with Crippen molar-refractivity contribution in [3.8, 4) is 0 Å². The van der Waals surface area contributed by atoms with E-state index < -0.39 is 14.5 Å². The fourth-order valence-corrected chi connectivity index (χ4v) is 15.4. The van der Waals surface area contributed by atoms with Crippen LogP contribution in [0.3, 0.4) is 0 Å². The monoisotopic (exact) mass is 698 g/mol. The topological polar surface area (TPSA) is 0 Å². The van der Waals surface area contributed by atoms with E-state index in [-0.39, 0.29) is 24.8 Å². The van der Waals surface area contributed by atoms with Crippen molar-refractivity contribution in [3.05, 3.63) is 217 Å². The highest BCUT2D eigenvalue weighted by Crippen LogP contribution is 2.60. The molecule has 0 aliphatic heterocycles. The third-order valence-electron chi connectivity index (χ3n) is 9.01. The van der Waals surface area contributed by atoms with Gasteiger partial charge in [0.25, 0.3) is 0 Å². The summed E-state index contributed by atoms with van der Waals surface area (Å²) in [7, 11) is -4.02. The van der Waals surface area contributed by atoms with E-state index in [4.69, 9.17) is 0 Å². The van der Waals surface area contributed by atoms with E-state index in [0.29, 0.717) is 0 Å². The Balaban J connectivity index is 0.00000225. The summed E-state index contributed by atoms with van der Waals surface area (Å²) in [5.41, 5.74) is 2.77. The summed E-state index contributed by atoms with van der Waals surface area (Å²) in [6.45, 7) is 0. The van der Waals surface area contributed by atoms with Gasteiger partial charge >= 0.3 is 0 Å². The van der Waals surface area contributed by atoms with Gasteiger partial charge in [-0.2, -0.15) is 0 Å². The SMILES string of the molecule is [Cl-].[Cl-].c1ccc([P+](Cc2cccc(C[P+](c3ccccc3)(c3ccccc3)c3ccccc3)c2)(c2ccccc2)c2ccccc2)cc1. The predicted molar refractivity (Wildman–Crippen MR) is 204 cm³/mol. The van der Waals surface area contributed by atoms with Gasteiger partial charge in [-0.25, -0.2) is 0 Å². The van der Waals surface area contributed by atoms with Crippen LogP contribution in [0, 0.1) is 0 Å². The first-order chi connectivity index (χ1) is 22.8.